The molecule has 1 aromatic heterocycles. The van der Waals surface area contributed by atoms with Crippen LogP contribution < -0.4 is 5.32 Å². The molecule has 0 aliphatic heterocycles. The minimum Gasteiger partial charge on any atom is -0.350 e. The molecule has 0 unspecified atom stereocenters. The quantitative estimate of drug-likeness (QED) is 0.329. The number of aromatic nitrogens is 1. The number of aryl methyl sites for hydroxylation is 1. The molecule has 0 amide bonds. The molecule has 0 atom stereocenters. The predicted octanol–water partition coefficient (Wildman–Crippen LogP) is 3.46. The van der Waals surface area contributed by atoms with Gasteiger partial charge in [0, 0.05) is 31.7 Å². The molecular formula is C16H28N4S. The van der Waals surface area contributed by atoms with Gasteiger partial charge in [0.05, 0.1) is 6.54 Å². The molecule has 0 aliphatic carbocycles. The molecule has 0 fully saturated rings. The lowest BCUT2D eigenvalue weighted by Gasteiger charge is -2.21. The fourth-order valence-electron chi connectivity index (χ4n) is 2.05. The van der Waals surface area contributed by atoms with Gasteiger partial charge in [-0.1, -0.05) is 19.4 Å². The fourth-order valence-corrected chi connectivity index (χ4v) is 2.86. The first-order valence-corrected chi connectivity index (χ1v) is 8.49. The first kappa shape index (κ1) is 17.7. The zero-order valence-electron chi connectivity index (χ0n) is 13.6. The highest BCUT2D eigenvalue weighted by molar-refractivity contribution is 7.11. The summed E-state index contributed by atoms with van der Waals surface area (Å²) < 4.78 is 0. The average molecular weight is 308 g/mol. The standard InChI is InChI=1S/C16H28N4S/c1-5-7-8-9-10-11-20(4)16(17-3)19-13-15-18-12-14(6-2)21-15/h5,12H,1,6-11,13H2,2-4H3,(H,17,19). The SMILES string of the molecule is C=CCCCCCN(C)C(=NC)NCc1ncc(CC)s1. The zero-order chi connectivity index (χ0) is 15.5. The van der Waals surface area contributed by atoms with Gasteiger partial charge in [-0.15, -0.1) is 17.9 Å². The summed E-state index contributed by atoms with van der Waals surface area (Å²) in [7, 11) is 3.91. The summed E-state index contributed by atoms with van der Waals surface area (Å²) in [4.78, 5) is 12.3. The number of rotatable bonds is 9. The van der Waals surface area contributed by atoms with Crippen molar-refractivity contribution >= 4 is 17.3 Å². The maximum atomic E-state index is 4.42. The largest absolute Gasteiger partial charge is 0.350 e. The van der Waals surface area contributed by atoms with Gasteiger partial charge in [0.15, 0.2) is 5.96 Å². The van der Waals surface area contributed by atoms with Gasteiger partial charge in [-0.25, -0.2) is 4.98 Å². The van der Waals surface area contributed by atoms with Crippen molar-refractivity contribution in [2.45, 2.75) is 45.6 Å². The van der Waals surface area contributed by atoms with Crippen LogP contribution in [-0.2, 0) is 13.0 Å². The summed E-state index contributed by atoms with van der Waals surface area (Å²) in [5, 5.41) is 4.50. The third-order valence-corrected chi connectivity index (χ3v) is 4.46. The highest BCUT2D eigenvalue weighted by Gasteiger charge is 2.07. The number of nitrogens with zero attached hydrogens (tertiary/aromatic N) is 3. The Kier molecular flexibility index (Phi) is 8.74. The van der Waals surface area contributed by atoms with Crippen molar-refractivity contribution in [2.75, 3.05) is 20.6 Å². The Bertz CT molecular complexity index is 439. The molecule has 21 heavy (non-hydrogen) atoms. The van der Waals surface area contributed by atoms with Gasteiger partial charge in [-0.3, -0.25) is 4.99 Å². The van der Waals surface area contributed by atoms with E-state index in [1.807, 2.05) is 19.3 Å². The van der Waals surface area contributed by atoms with Crippen LogP contribution in [0.5, 0.6) is 0 Å². The number of guanidine groups is 1. The molecular weight excluding hydrogens is 280 g/mol. The van der Waals surface area contributed by atoms with E-state index in [-0.39, 0.29) is 0 Å². The van der Waals surface area contributed by atoms with Crippen molar-refractivity contribution < 1.29 is 0 Å². The van der Waals surface area contributed by atoms with Crippen LogP contribution in [0.25, 0.3) is 0 Å². The molecule has 118 valence electrons. The van der Waals surface area contributed by atoms with Gasteiger partial charge in [-0.2, -0.15) is 0 Å². The van der Waals surface area contributed by atoms with Crippen LogP contribution in [0, 0.1) is 0 Å². The van der Waals surface area contributed by atoms with Crippen LogP contribution >= 0.6 is 11.3 Å². The highest BCUT2D eigenvalue weighted by atomic mass is 32.1. The molecule has 0 aromatic carbocycles. The van der Waals surface area contributed by atoms with Crippen LogP contribution in [0.15, 0.2) is 23.8 Å². The fraction of sp³-hybridized carbons (Fsp3) is 0.625. The lowest BCUT2D eigenvalue weighted by Crippen LogP contribution is -2.38. The van der Waals surface area contributed by atoms with Gasteiger partial charge in [-0.05, 0) is 25.7 Å². The number of thiazole rings is 1. The van der Waals surface area contributed by atoms with E-state index in [0.29, 0.717) is 0 Å². The first-order valence-electron chi connectivity index (χ1n) is 7.67. The number of allylic oxidation sites excluding steroid dienone is 1. The maximum absolute atomic E-state index is 4.42. The number of aliphatic imine (C=N–C) groups is 1. The van der Waals surface area contributed by atoms with Crippen LogP contribution in [-0.4, -0.2) is 36.5 Å². The van der Waals surface area contributed by atoms with E-state index in [2.05, 4.69) is 40.7 Å². The van der Waals surface area contributed by atoms with Crippen molar-refractivity contribution in [3.05, 3.63) is 28.7 Å². The molecule has 0 saturated carbocycles. The third kappa shape index (κ3) is 6.76. The summed E-state index contributed by atoms with van der Waals surface area (Å²) in [5.41, 5.74) is 0. The lowest BCUT2D eigenvalue weighted by molar-refractivity contribution is 0.455. The summed E-state index contributed by atoms with van der Waals surface area (Å²) in [6.45, 7) is 7.68. The Labute approximate surface area is 133 Å². The molecule has 1 rings (SSSR count). The molecule has 4 nitrogen and oxygen atoms in total. The second-order valence-corrected chi connectivity index (χ2v) is 6.23. The van der Waals surface area contributed by atoms with E-state index >= 15 is 0 Å². The molecule has 5 heteroatoms. The summed E-state index contributed by atoms with van der Waals surface area (Å²) in [5.74, 6) is 0.937. The van der Waals surface area contributed by atoms with Crippen molar-refractivity contribution in [3.63, 3.8) is 0 Å². The Hall–Kier alpha value is -1.36. The first-order chi connectivity index (χ1) is 10.2. The highest BCUT2D eigenvalue weighted by Crippen LogP contribution is 2.12. The summed E-state index contributed by atoms with van der Waals surface area (Å²) in [6, 6.07) is 0. The average Bonchev–Trinajstić information content (AvgIpc) is 2.95. The van der Waals surface area contributed by atoms with E-state index in [0.717, 1.165) is 36.9 Å². The third-order valence-electron chi connectivity index (χ3n) is 3.32. The Balaban J connectivity index is 2.31. The van der Waals surface area contributed by atoms with Gasteiger partial charge in [0.1, 0.15) is 5.01 Å². The van der Waals surface area contributed by atoms with E-state index in [9.17, 15) is 0 Å². The topological polar surface area (TPSA) is 40.5 Å². The monoisotopic (exact) mass is 308 g/mol. The van der Waals surface area contributed by atoms with Gasteiger partial charge in [0.25, 0.3) is 0 Å². The maximum Gasteiger partial charge on any atom is 0.193 e. The van der Waals surface area contributed by atoms with Crippen LogP contribution in [0.4, 0.5) is 0 Å². The van der Waals surface area contributed by atoms with E-state index in [1.165, 1.54) is 24.1 Å². The smallest absolute Gasteiger partial charge is 0.193 e. The predicted molar refractivity (Wildman–Crippen MR) is 93.0 cm³/mol. The van der Waals surface area contributed by atoms with Crippen molar-refractivity contribution in [1.29, 1.82) is 0 Å². The van der Waals surface area contributed by atoms with Crippen LogP contribution in [0.3, 0.4) is 0 Å². The Morgan fingerprint density at radius 1 is 1.48 bits per heavy atom. The number of hydrogen-bond acceptors (Lipinski definition) is 3. The number of unbranched alkanes of at least 4 members (excludes halogenated alkanes) is 3. The molecule has 1 N–H and O–H groups in total. The zero-order valence-corrected chi connectivity index (χ0v) is 14.4. The van der Waals surface area contributed by atoms with Crippen molar-refractivity contribution in [1.82, 2.24) is 15.2 Å². The molecule has 0 aliphatic rings. The second kappa shape index (κ2) is 10.4. The molecule has 0 spiro atoms. The van der Waals surface area contributed by atoms with Crippen LogP contribution in [0.1, 0.15) is 42.5 Å². The van der Waals surface area contributed by atoms with Crippen molar-refractivity contribution in [2.24, 2.45) is 4.99 Å². The molecule has 0 bridgehead atoms. The Morgan fingerprint density at radius 3 is 2.90 bits per heavy atom. The Morgan fingerprint density at radius 2 is 2.29 bits per heavy atom. The van der Waals surface area contributed by atoms with Gasteiger partial charge in [0.2, 0.25) is 0 Å². The van der Waals surface area contributed by atoms with E-state index in [4.69, 9.17) is 0 Å². The van der Waals surface area contributed by atoms with E-state index in [1.54, 1.807) is 11.3 Å². The van der Waals surface area contributed by atoms with E-state index < -0.39 is 0 Å². The normalized spacial score (nSPS) is 11.5. The number of nitrogens with one attached hydrogen (secondary N) is 1. The van der Waals surface area contributed by atoms with Crippen LogP contribution in [0.2, 0.25) is 0 Å². The minimum atomic E-state index is 0.748. The molecule has 1 heterocycles. The van der Waals surface area contributed by atoms with Gasteiger partial charge < -0.3 is 10.2 Å². The molecule has 0 radical (unpaired) electrons. The second-order valence-electron chi connectivity index (χ2n) is 5.03. The summed E-state index contributed by atoms with van der Waals surface area (Å²) >= 11 is 1.77. The van der Waals surface area contributed by atoms with Crippen molar-refractivity contribution in [3.8, 4) is 0 Å². The molecule has 0 saturated heterocycles. The summed E-state index contributed by atoms with van der Waals surface area (Å²) in [6.07, 6.45) is 9.76. The lowest BCUT2D eigenvalue weighted by atomic mass is 10.2. The minimum absolute atomic E-state index is 0.748. The number of hydrogen-bond donors (Lipinski definition) is 1. The molecule has 1 aromatic rings. The van der Waals surface area contributed by atoms with Gasteiger partial charge >= 0.3 is 0 Å².